The minimum atomic E-state index is -5.02. The second kappa shape index (κ2) is 9.86. The molecule has 33 heavy (non-hydrogen) atoms. The number of H-pyrrole nitrogens is 1. The van der Waals surface area contributed by atoms with E-state index in [1.807, 2.05) is 6.92 Å². The zero-order chi connectivity index (χ0) is 25.2. The number of carbonyl (C=O) groups is 1. The number of amides is 1. The zero-order valence-corrected chi connectivity index (χ0v) is 20.6. The van der Waals surface area contributed by atoms with Crippen molar-refractivity contribution in [3.63, 3.8) is 0 Å². The Hall–Kier alpha value is -2.36. The molecule has 1 aromatic rings. The number of aromatic amines is 1. The maximum atomic E-state index is 12.3. The van der Waals surface area contributed by atoms with Crippen LogP contribution >= 0.6 is 0 Å². The van der Waals surface area contributed by atoms with Crippen molar-refractivity contribution in [2.24, 2.45) is 5.92 Å². The van der Waals surface area contributed by atoms with Gasteiger partial charge in [-0.2, -0.15) is 13.2 Å². The van der Waals surface area contributed by atoms with Crippen LogP contribution in [0, 0.1) is 17.8 Å². The lowest BCUT2D eigenvalue weighted by Gasteiger charge is -2.37. The highest BCUT2D eigenvalue weighted by atomic mass is 28.4. The summed E-state index contributed by atoms with van der Waals surface area (Å²) in [5.41, 5.74) is -1.60. The molecule has 1 fully saturated rings. The largest absolute Gasteiger partial charge is 0.471 e. The number of alkyl halides is 3. The van der Waals surface area contributed by atoms with Gasteiger partial charge in [-0.25, -0.2) is 4.79 Å². The number of aromatic nitrogens is 2. The Balaban J connectivity index is 2.12. The molecule has 12 heteroatoms. The average molecular weight is 490 g/mol. The molecule has 2 N–H and O–H groups in total. The van der Waals surface area contributed by atoms with Gasteiger partial charge in [-0.05, 0) is 30.5 Å². The number of halogens is 3. The average Bonchev–Trinajstić information content (AvgIpc) is 3.03. The number of ether oxygens (including phenoxy) is 1. The van der Waals surface area contributed by atoms with E-state index >= 15 is 0 Å². The van der Waals surface area contributed by atoms with E-state index in [1.165, 1.54) is 10.8 Å². The predicted octanol–water partition coefficient (Wildman–Crippen LogP) is 2.51. The minimum Gasteiger partial charge on any atom is -0.414 e. The van der Waals surface area contributed by atoms with Crippen LogP contribution in [0.3, 0.4) is 0 Å². The fourth-order valence-corrected chi connectivity index (χ4v) is 3.92. The first-order chi connectivity index (χ1) is 15.0. The van der Waals surface area contributed by atoms with Crippen LogP contribution in [0.5, 0.6) is 0 Å². The predicted molar refractivity (Wildman–Crippen MR) is 118 cm³/mol. The summed E-state index contributed by atoms with van der Waals surface area (Å²) in [6.45, 7) is 12.4. The first-order valence-corrected chi connectivity index (χ1v) is 13.4. The number of hydrogen-bond acceptors (Lipinski definition) is 5. The van der Waals surface area contributed by atoms with Crippen molar-refractivity contribution in [1.82, 2.24) is 14.9 Å². The summed E-state index contributed by atoms with van der Waals surface area (Å²) in [6, 6.07) is 0. The molecule has 1 aliphatic rings. The summed E-state index contributed by atoms with van der Waals surface area (Å²) in [4.78, 5) is 37.3. The lowest BCUT2D eigenvalue weighted by molar-refractivity contribution is -0.173. The molecule has 1 aliphatic heterocycles. The third-order valence-corrected chi connectivity index (χ3v) is 10.6. The van der Waals surface area contributed by atoms with Gasteiger partial charge in [0, 0.05) is 6.20 Å². The van der Waals surface area contributed by atoms with Crippen LogP contribution in [0.4, 0.5) is 13.2 Å². The highest BCUT2D eigenvalue weighted by Crippen LogP contribution is 2.38. The molecule has 0 saturated carbocycles. The molecule has 0 radical (unpaired) electrons. The van der Waals surface area contributed by atoms with Gasteiger partial charge in [-0.1, -0.05) is 39.5 Å². The number of nitrogens with zero attached hydrogens (tertiary/aromatic N) is 1. The van der Waals surface area contributed by atoms with Crippen LogP contribution < -0.4 is 16.6 Å². The molecule has 2 rings (SSSR count). The summed E-state index contributed by atoms with van der Waals surface area (Å²) in [5, 5.41) is 1.63. The van der Waals surface area contributed by atoms with Crippen molar-refractivity contribution in [3.05, 3.63) is 32.6 Å². The molecule has 1 aromatic heterocycles. The fraction of sp³-hybridized carbons (Fsp3) is 0.667. The van der Waals surface area contributed by atoms with Crippen LogP contribution in [0.25, 0.3) is 0 Å². The van der Waals surface area contributed by atoms with Gasteiger partial charge >= 0.3 is 17.8 Å². The molecule has 1 saturated heterocycles. The SMILES string of the molecule is CC1CC(n2cc(C#CCNC(=O)C(F)(F)F)c(=O)[nH]c2=O)OC1CO[Si](C)(C)C(C)(C)C. The third-order valence-electron chi connectivity index (χ3n) is 6.05. The molecule has 1 amide bonds. The van der Waals surface area contributed by atoms with Gasteiger partial charge in [-0.3, -0.25) is 19.1 Å². The van der Waals surface area contributed by atoms with Crippen LogP contribution in [0.15, 0.2) is 15.8 Å². The van der Waals surface area contributed by atoms with Gasteiger partial charge in [0.25, 0.3) is 5.56 Å². The van der Waals surface area contributed by atoms with Crippen LogP contribution in [-0.2, 0) is 14.0 Å². The van der Waals surface area contributed by atoms with Crippen LogP contribution in [-0.4, -0.2) is 49.2 Å². The maximum Gasteiger partial charge on any atom is 0.471 e. The Bertz CT molecular complexity index is 1050. The van der Waals surface area contributed by atoms with Crippen molar-refractivity contribution in [1.29, 1.82) is 0 Å². The summed E-state index contributed by atoms with van der Waals surface area (Å²) in [7, 11) is -1.98. The molecular formula is C21H30F3N3O5Si. The summed E-state index contributed by atoms with van der Waals surface area (Å²) >= 11 is 0. The molecule has 3 atom stereocenters. The zero-order valence-electron chi connectivity index (χ0n) is 19.6. The van der Waals surface area contributed by atoms with E-state index in [0.717, 1.165) is 0 Å². The van der Waals surface area contributed by atoms with E-state index in [0.29, 0.717) is 13.0 Å². The number of rotatable bonds is 5. The van der Waals surface area contributed by atoms with E-state index < -0.39 is 44.4 Å². The molecule has 0 aliphatic carbocycles. The van der Waals surface area contributed by atoms with Crippen LogP contribution in [0.2, 0.25) is 18.1 Å². The molecule has 3 unspecified atom stereocenters. The number of nitrogens with one attached hydrogen (secondary N) is 2. The third kappa shape index (κ3) is 6.81. The van der Waals surface area contributed by atoms with Gasteiger partial charge in [0.1, 0.15) is 11.8 Å². The van der Waals surface area contributed by atoms with Crippen molar-refractivity contribution < 1.29 is 27.1 Å². The number of hydrogen-bond donors (Lipinski definition) is 2. The lowest BCUT2D eigenvalue weighted by Crippen LogP contribution is -2.43. The Kier molecular flexibility index (Phi) is 8.04. The Labute approximate surface area is 191 Å². The standard InChI is InChI=1S/C21H30F3N3O5Si/c1-13-10-16(32-15(13)12-31-33(5,6)20(2,3)4)27-11-14(17(28)26-19(27)30)8-7-9-25-18(29)21(22,23)24/h11,13,15-16H,9-10,12H2,1-6H3,(H,25,29)(H,26,28,30). The molecule has 2 heterocycles. The topological polar surface area (TPSA) is 102 Å². The van der Waals surface area contributed by atoms with E-state index in [-0.39, 0.29) is 22.6 Å². The molecule has 184 valence electrons. The van der Waals surface area contributed by atoms with Crippen molar-refractivity contribution in [3.8, 4) is 11.8 Å². The highest BCUT2D eigenvalue weighted by Gasteiger charge is 2.40. The molecule has 8 nitrogen and oxygen atoms in total. The highest BCUT2D eigenvalue weighted by molar-refractivity contribution is 6.74. The quantitative estimate of drug-likeness (QED) is 0.489. The minimum absolute atomic E-state index is 0.0389. The van der Waals surface area contributed by atoms with E-state index in [1.54, 1.807) is 5.32 Å². The monoisotopic (exact) mass is 489 g/mol. The Morgan fingerprint density at radius 3 is 2.55 bits per heavy atom. The molecular weight excluding hydrogens is 459 g/mol. The Morgan fingerprint density at radius 1 is 1.33 bits per heavy atom. The van der Waals surface area contributed by atoms with E-state index in [9.17, 15) is 27.6 Å². The maximum absolute atomic E-state index is 12.3. The first kappa shape index (κ1) is 26.9. The van der Waals surface area contributed by atoms with E-state index in [2.05, 4.69) is 50.7 Å². The van der Waals surface area contributed by atoms with Crippen molar-refractivity contribution in [2.75, 3.05) is 13.2 Å². The van der Waals surface area contributed by atoms with Gasteiger partial charge in [0.15, 0.2) is 8.32 Å². The van der Waals surface area contributed by atoms with Gasteiger partial charge in [-0.15, -0.1) is 0 Å². The van der Waals surface area contributed by atoms with Crippen molar-refractivity contribution >= 4 is 14.2 Å². The van der Waals surface area contributed by atoms with Gasteiger partial charge < -0.3 is 14.5 Å². The Morgan fingerprint density at radius 2 is 1.97 bits per heavy atom. The second-order valence-corrected chi connectivity index (χ2v) is 14.4. The molecule has 0 aromatic carbocycles. The lowest BCUT2D eigenvalue weighted by atomic mass is 10.0. The van der Waals surface area contributed by atoms with Gasteiger partial charge in [0.2, 0.25) is 0 Å². The van der Waals surface area contributed by atoms with E-state index in [4.69, 9.17) is 9.16 Å². The molecule has 0 bridgehead atoms. The first-order valence-electron chi connectivity index (χ1n) is 10.5. The fourth-order valence-electron chi connectivity index (χ4n) is 2.90. The van der Waals surface area contributed by atoms with Crippen LogP contribution in [0.1, 0.15) is 45.9 Å². The van der Waals surface area contributed by atoms with Gasteiger partial charge in [0.05, 0.1) is 19.3 Å². The number of carbonyl (C=O) groups excluding carboxylic acids is 1. The van der Waals surface area contributed by atoms with Crippen molar-refractivity contribution in [2.45, 2.75) is 70.8 Å². The normalized spacial score (nSPS) is 21.4. The summed E-state index contributed by atoms with van der Waals surface area (Å²) < 4.78 is 50.1. The second-order valence-electron chi connectivity index (χ2n) is 9.61. The smallest absolute Gasteiger partial charge is 0.414 e. The summed E-state index contributed by atoms with van der Waals surface area (Å²) in [5.74, 6) is 2.62. The summed E-state index contributed by atoms with van der Waals surface area (Å²) in [6.07, 6.45) is -4.19. The molecule has 0 spiro atoms.